The molecular formula is C33H42FN5O7S2. The molecule has 5 aliphatic rings. The third-order valence-corrected chi connectivity index (χ3v) is 12.9. The van der Waals surface area contributed by atoms with Crippen molar-refractivity contribution in [1.82, 2.24) is 19.8 Å². The van der Waals surface area contributed by atoms with Crippen molar-refractivity contribution < 1.29 is 36.7 Å². The number of carbonyl (C=O) groups excluding carboxylic acids is 4. The van der Waals surface area contributed by atoms with E-state index in [1.54, 1.807) is 19.1 Å². The van der Waals surface area contributed by atoms with E-state index in [1.807, 2.05) is 12.2 Å². The standard InChI is InChI=1S/C33H42FN5O7S2/c1-32(12-13-32)48(44,45)37-29(42)33-15-21(33)9-5-3-2-4-6-11-25(36-30(35)47)28(41)39-18-22(14-26(39)27(40)16-33)46-31(43)38-17-20-8-7-10-24(34)23(20)19-38/h5,7-10,21-22,25-26H,2-4,6,11-19H2,1H3,(H,37,42)(H3,35,36,47)/b9-5-/t21-,22-,25+,26+,33-/m1/s1. The molecule has 1 aromatic carbocycles. The monoisotopic (exact) mass is 703 g/mol. The average Bonchev–Trinajstić information content (AvgIpc) is 3.81. The van der Waals surface area contributed by atoms with Crippen LogP contribution >= 0.6 is 12.2 Å². The quantitative estimate of drug-likeness (QED) is 0.307. The molecule has 260 valence electrons. The number of nitrogens with one attached hydrogen (secondary N) is 2. The Bertz CT molecular complexity index is 1660. The van der Waals surface area contributed by atoms with Crippen LogP contribution in [-0.2, 0) is 42.2 Å². The van der Waals surface area contributed by atoms with Gasteiger partial charge in [-0.3, -0.25) is 24.0 Å². The minimum absolute atomic E-state index is 0.0141. The number of nitrogens with two attached hydrogens (primary N) is 1. The number of rotatable bonds is 5. The maximum atomic E-state index is 14.3. The molecule has 1 saturated heterocycles. The summed E-state index contributed by atoms with van der Waals surface area (Å²) in [4.78, 5) is 57.9. The number of fused-ring (bicyclic) bond motifs is 3. The molecule has 2 saturated carbocycles. The van der Waals surface area contributed by atoms with Crippen LogP contribution in [0.1, 0.15) is 82.3 Å². The summed E-state index contributed by atoms with van der Waals surface area (Å²) >= 11 is 5.06. The summed E-state index contributed by atoms with van der Waals surface area (Å²) in [6.07, 6.45) is 6.66. The van der Waals surface area contributed by atoms with Gasteiger partial charge in [-0.15, -0.1) is 0 Å². The largest absolute Gasteiger partial charge is 0.444 e. The van der Waals surface area contributed by atoms with Crippen LogP contribution in [0.15, 0.2) is 30.4 Å². The van der Waals surface area contributed by atoms with Gasteiger partial charge in [-0.25, -0.2) is 17.6 Å². The van der Waals surface area contributed by atoms with Crippen LogP contribution in [0, 0.1) is 17.2 Å². The molecule has 0 aromatic heterocycles. The third kappa shape index (κ3) is 6.80. The van der Waals surface area contributed by atoms with Crippen molar-refractivity contribution in [2.24, 2.45) is 17.1 Å². The molecule has 3 amide bonds. The fourth-order valence-corrected chi connectivity index (χ4v) is 8.66. The van der Waals surface area contributed by atoms with Gasteiger partial charge in [0, 0.05) is 24.9 Å². The van der Waals surface area contributed by atoms with Crippen LogP contribution in [0.4, 0.5) is 9.18 Å². The zero-order valence-corrected chi connectivity index (χ0v) is 28.5. The van der Waals surface area contributed by atoms with Gasteiger partial charge in [-0.05, 0) is 75.2 Å². The SMILES string of the molecule is CC1(S(=O)(=O)NC(=O)[C@]23CC(=O)[C@@H]4C[C@@H](OC(=O)N5Cc6cccc(F)c6C5)CN4C(=O)[C@@H](NC(N)=S)CCCCC/C=C\[C@@H]2C3)CC1. The van der Waals surface area contributed by atoms with Gasteiger partial charge in [0.1, 0.15) is 18.0 Å². The Hall–Kier alpha value is -3.59. The second-order valence-corrected chi connectivity index (χ2v) is 16.7. The average molecular weight is 704 g/mol. The van der Waals surface area contributed by atoms with E-state index in [-0.39, 0.29) is 43.5 Å². The van der Waals surface area contributed by atoms with E-state index in [2.05, 4.69) is 10.0 Å². The molecule has 0 bridgehead atoms. The second-order valence-electron chi connectivity index (χ2n) is 14.1. The van der Waals surface area contributed by atoms with Crippen LogP contribution < -0.4 is 15.8 Å². The van der Waals surface area contributed by atoms with E-state index < -0.39 is 67.9 Å². The summed E-state index contributed by atoms with van der Waals surface area (Å²) in [5, 5.41) is 2.80. The highest BCUT2D eigenvalue weighted by molar-refractivity contribution is 7.91. The van der Waals surface area contributed by atoms with E-state index in [0.717, 1.165) is 19.3 Å². The molecule has 3 fully saturated rings. The molecule has 1 aromatic rings. The number of allylic oxidation sites excluding steroid dienone is 2. The summed E-state index contributed by atoms with van der Waals surface area (Å²) < 4.78 is 47.5. The first kappa shape index (κ1) is 34.3. The van der Waals surface area contributed by atoms with E-state index in [9.17, 15) is 32.0 Å². The number of sulfonamides is 1. The third-order valence-electron chi connectivity index (χ3n) is 10.6. The molecule has 6 rings (SSSR count). The predicted octanol–water partition coefficient (Wildman–Crippen LogP) is 2.93. The fourth-order valence-electron chi connectivity index (χ4n) is 7.19. The summed E-state index contributed by atoms with van der Waals surface area (Å²) in [6, 6.07) is 2.79. The number of thiocarbonyl (C=S) groups is 1. The number of benzene rings is 1. The molecular weight excluding hydrogens is 662 g/mol. The summed E-state index contributed by atoms with van der Waals surface area (Å²) in [7, 11) is -3.95. The number of carbonyl (C=O) groups is 4. The highest BCUT2D eigenvalue weighted by atomic mass is 32.2. The fraction of sp³-hybridized carbons (Fsp3) is 0.606. The number of halogens is 1. The van der Waals surface area contributed by atoms with Crippen LogP contribution in [0.2, 0.25) is 0 Å². The molecule has 0 unspecified atom stereocenters. The van der Waals surface area contributed by atoms with Gasteiger partial charge in [0.2, 0.25) is 21.8 Å². The van der Waals surface area contributed by atoms with E-state index in [4.69, 9.17) is 22.7 Å². The molecule has 15 heteroatoms. The Kier molecular flexibility index (Phi) is 9.31. The molecule has 2 aliphatic carbocycles. The minimum Gasteiger partial charge on any atom is -0.444 e. The van der Waals surface area contributed by atoms with E-state index >= 15 is 0 Å². The number of ketones is 1. The maximum Gasteiger partial charge on any atom is 0.410 e. The highest BCUT2D eigenvalue weighted by Crippen LogP contribution is 2.57. The smallest absolute Gasteiger partial charge is 0.410 e. The summed E-state index contributed by atoms with van der Waals surface area (Å²) in [6.45, 7) is 1.70. The summed E-state index contributed by atoms with van der Waals surface area (Å²) in [5.41, 5.74) is 5.59. The topological polar surface area (TPSA) is 168 Å². The highest BCUT2D eigenvalue weighted by Gasteiger charge is 2.62. The molecule has 3 aliphatic heterocycles. The lowest BCUT2D eigenvalue weighted by molar-refractivity contribution is -0.140. The van der Waals surface area contributed by atoms with E-state index in [0.29, 0.717) is 43.2 Å². The van der Waals surface area contributed by atoms with Gasteiger partial charge < -0.3 is 20.7 Å². The molecule has 48 heavy (non-hydrogen) atoms. The van der Waals surface area contributed by atoms with Crippen LogP contribution in [-0.4, -0.2) is 76.5 Å². The minimum atomic E-state index is -3.95. The Morgan fingerprint density at radius 2 is 1.92 bits per heavy atom. The van der Waals surface area contributed by atoms with Gasteiger partial charge in [0.15, 0.2) is 10.9 Å². The van der Waals surface area contributed by atoms with Crippen LogP contribution in [0.3, 0.4) is 0 Å². The number of Topliss-reactive ketones (excluding diaryl/α,β-unsaturated/α-hetero) is 1. The molecule has 12 nitrogen and oxygen atoms in total. The number of hydrogen-bond acceptors (Lipinski definition) is 8. The van der Waals surface area contributed by atoms with Crippen molar-refractivity contribution in [3.05, 3.63) is 47.3 Å². The van der Waals surface area contributed by atoms with Crippen molar-refractivity contribution in [2.45, 2.75) is 107 Å². The van der Waals surface area contributed by atoms with Crippen molar-refractivity contribution >= 4 is 51.0 Å². The molecule has 0 radical (unpaired) electrons. The first-order valence-electron chi connectivity index (χ1n) is 16.6. The molecule has 5 atom stereocenters. The zero-order chi connectivity index (χ0) is 34.4. The molecule has 0 spiro atoms. The Morgan fingerprint density at radius 3 is 2.62 bits per heavy atom. The lowest BCUT2D eigenvalue weighted by atomic mass is 9.91. The Morgan fingerprint density at radius 1 is 1.15 bits per heavy atom. The lowest BCUT2D eigenvalue weighted by Crippen LogP contribution is -2.53. The Balaban J connectivity index is 1.24. The van der Waals surface area contributed by atoms with Gasteiger partial charge in [0.25, 0.3) is 0 Å². The van der Waals surface area contributed by atoms with Gasteiger partial charge >= 0.3 is 6.09 Å². The zero-order valence-electron chi connectivity index (χ0n) is 26.9. The van der Waals surface area contributed by atoms with Gasteiger partial charge in [-0.1, -0.05) is 37.1 Å². The van der Waals surface area contributed by atoms with Crippen LogP contribution in [0.25, 0.3) is 0 Å². The first-order valence-corrected chi connectivity index (χ1v) is 18.5. The maximum absolute atomic E-state index is 14.3. The van der Waals surface area contributed by atoms with Crippen molar-refractivity contribution in [3.8, 4) is 0 Å². The normalized spacial score (nSPS) is 30.5. The van der Waals surface area contributed by atoms with Crippen LogP contribution in [0.5, 0.6) is 0 Å². The molecule has 3 heterocycles. The molecule has 4 N–H and O–H groups in total. The van der Waals surface area contributed by atoms with Crippen molar-refractivity contribution in [1.29, 1.82) is 0 Å². The summed E-state index contributed by atoms with van der Waals surface area (Å²) in [5.74, 6) is -2.32. The van der Waals surface area contributed by atoms with Crippen molar-refractivity contribution in [3.63, 3.8) is 0 Å². The number of hydrogen-bond donors (Lipinski definition) is 3. The predicted molar refractivity (Wildman–Crippen MR) is 177 cm³/mol. The number of ether oxygens (including phenoxy) is 1. The van der Waals surface area contributed by atoms with Gasteiger partial charge in [0.05, 0.1) is 29.3 Å². The number of amides is 3. The lowest BCUT2D eigenvalue weighted by Gasteiger charge is -2.29. The Labute approximate surface area is 285 Å². The van der Waals surface area contributed by atoms with Gasteiger partial charge in [-0.2, -0.15) is 0 Å². The van der Waals surface area contributed by atoms with Crippen molar-refractivity contribution in [2.75, 3.05) is 6.54 Å². The first-order chi connectivity index (χ1) is 22.7. The second kappa shape index (κ2) is 13.0. The number of nitrogens with zero attached hydrogens (tertiary/aromatic N) is 2. The van der Waals surface area contributed by atoms with E-state index in [1.165, 1.54) is 15.9 Å².